The number of carbonyl (C=O) groups is 3. The third-order valence-corrected chi connectivity index (χ3v) is 3.55. The van der Waals surface area contributed by atoms with Crippen LogP contribution in [0.15, 0.2) is 47.2 Å². The Morgan fingerprint density at radius 3 is 2.25 bits per heavy atom. The molecule has 7 heteroatoms. The number of allylic oxidation sites excluding steroid dienone is 3. The zero-order valence-corrected chi connectivity index (χ0v) is 13.2. The molecule has 0 saturated carbocycles. The first-order valence-electron chi connectivity index (χ1n) is 7.08. The summed E-state index contributed by atoms with van der Waals surface area (Å²) in [5.41, 5.74) is 1.16. The van der Waals surface area contributed by atoms with Crippen LogP contribution in [0.1, 0.15) is 34.6 Å². The van der Waals surface area contributed by atoms with Crippen molar-refractivity contribution in [3.63, 3.8) is 0 Å². The van der Waals surface area contributed by atoms with Gasteiger partial charge in [0, 0.05) is 5.70 Å². The molecule has 1 aliphatic heterocycles. The summed E-state index contributed by atoms with van der Waals surface area (Å²) < 4.78 is 0. The molecule has 0 atom stereocenters. The lowest BCUT2D eigenvalue weighted by atomic mass is 10.1. The second-order valence-corrected chi connectivity index (χ2v) is 5.22. The number of carboxylic acids is 1. The normalized spacial score (nSPS) is 14.9. The Morgan fingerprint density at radius 1 is 1.25 bits per heavy atom. The third kappa shape index (κ3) is 3.17. The summed E-state index contributed by atoms with van der Waals surface area (Å²) in [4.78, 5) is 36.4. The van der Waals surface area contributed by atoms with Crippen molar-refractivity contribution in [3.8, 4) is 6.07 Å². The Balaban J connectivity index is 2.11. The minimum absolute atomic E-state index is 0.0447. The summed E-state index contributed by atoms with van der Waals surface area (Å²) in [7, 11) is 0. The summed E-state index contributed by atoms with van der Waals surface area (Å²) in [5, 5.41) is 20.6. The molecule has 0 spiro atoms. The molecule has 1 aromatic rings. The van der Waals surface area contributed by atoms with Crippen molar-refractivity contribution in [2.75, 3.05) is 6.67 Å². The first-order valence-corrected chi connectivity index (χ1v) is 7.08. The lowest BCUT2D eigenvalue weighted by Gasteiger charge is -2.16. The van der Waals surface area contributed by atoms with Crippen LogP contribution < -0.4 is 5.32 Å². The highest BCUT2D eigenvalue weighted by molar-refractivity contribution is 6.21. The number of hydrogen-bond acceptors (Lipinski definition) is 5. The van der Waals surface area contributed by atoms with Crippen molar-refractivity contribution in [2.45, 2.75) is 13.8 Å². The predicted octanol–water partition coefficient (Wildman–Crippen LogP) is 1.66. The van der Waals surface area contributed by atoms with Gasteiger partial charge in [0.05, 0.1) is 17.8 Å². The van der Waals surface area contributed by atoms with E-state index in [1.807, 2.05) is 0 Å². The van der Waals surface area contributed by atoms with Crippen molar-refractivity contribution >= 4 is 17.8 Å². The Kier molecular flexibility index (Phi) is 4.80. The number of hydrogen-bond donors (Lipinski definition) is 2. The molecule has 0 radical (unpaired) electrons. The zero-order valence-electron chi connectivity index (χ0n) is 13.2. The first kappa shape index (κ1) is 17.0. The Labute approximate surface area is 138 Å². The number of carbonyl (C=O) groups excluding carboxylic acids is 2. The molecular weight excluding hydrogens is 310 g/mol. The van der Waals surface area contributed by atoms with E-state index in [1.165, 1.54) is 13.0 Å². The van der Waals surface area contributed by atoms with E-state index in [2.05, 4.69) is 5.32 Å². The molecule has 7 nitrogen and oxygen atoms in total. The fourth-order valence-electron chi connectivity index (χ4n) is 2.34. The average molecular weight is 325 g/mol. The number of aliphatic carboxylic acids is 1. The second kappa shape index (κ2) is 6.79. The van der Waals surface area contributed by atoms with Crippen molar-refractivity contribution < 1.29 is 19.5 Å². The highest BCUT2D eigenvalue weighted by Gasteiger charge is 2.34. The van der Waals surface area contributed by atoms with Crippen LogP contribution in [0.2, 0.25) is 0 Å². The summed E-state index contributed by atoms with van der Waals surface area (Å²) in [5.74, 6) is -2.07. The SMILES string of the molecule is CC(=CC(C)=C(C#N)C(=O)O)NCN1C(=O)c2ccccc2C1=O. The molecule has 122 valence electrons. The monoisotopic (exact) mass is 325 g/mol. The molecule has 0 saturated heterocycles. The van der Waals surface area contributed by atoms with Gasteiger partial charge in [-0.05, 0) is 37.6 Å². The second-order valence-electron chi connectivity index (χ2n) is 5.22. The van der Waals surface area contributed by atoms with Crippen LogP contribution >= 0.6 is 0 Å². The Bertz CT molecular complexity index is 795. The lowest BCUT2D eigenvalue weighted by Crippen LogP contribution is -2.37. The van der Waals surface area contributed by atoms with Gasteiger partial charge in [0.1, 0.15) is 11.6 Å². The average Bonchev–Trinajstić information content (AvgIpc) is 2.77. The van der Waals surface area contributed by atoms with E-state index < -0.39 is 5.97 Å². The van der Waals surface area contributed by atoms with Crippen molar-refractivity contribution in [1.82, 2.24) is 10.2 Å². The molecular formula is C17H15N3O4. The minimum Gasteiger partial charge on any atom is -0.477 e. The molecule has 0 fully saturated rings. The topological polar surface area (TPSA) is 110 Å². The van der Waals surface area contributed by atoms with E-state index in [4.69, 9.17) is 10.4 Å². The fraction of sp³-hybridized carbons (Fsp3) is 0.176. The molecule has 0 aromatic heterocycles. The zero-order chi connectivity index (χ0) is 17.9. The Morgan fingerprint density at radius 2 is 1.79 bits per heavy atom. The maximum atomic E-state index is 12.2. The molecule has 0 bridgehead atoms. The van der Waals surface area contributed by atoms with Gasteiger partial charge in [0.25, 0.3) is 11.8 Å². The minimum atomic E-state index is -1.31. The molecule has 1 heterocycles. The molecule has 0 aliphatic carbocycles. The summed E-state index contributed by atoms with van der Waals surface area (Å²) >= 11 is 0. The van der Waals surface area contributed by atoms with Crippen LogP contribution in [-0.4, -0.2) is 34.5 Å². The van der Waals surface area contributed by atoms with Gasteiger partial charge >= 0.3 is 5.97 Å². The number of nitrogens with one attached hydrogen (secondary N) is 1. The van der Waals surface area contributed by atoms with Gasteiger partial charge in [-0.15, -0.1) is 0 Å². The number of fused-ring (bicyclic) bond motifs is 1. The third-order valence-electron chi connectivity index (χ3n) is 3.55. The van der Waals surface area contributed by atoms with Gasteiger partial charge in [-0.1, -0.05) is 12.1 Å². The predicted molar refractivity (Wildman–Crippen MR) is 84.7 cm³/mol. The number of rotatable bonds is 5. The molecule has 2 N–H and O–H groups in total. The molecule has 1 aliphatic rings. The van der Waals surface area contributed by atoms with Crippen LogP contribution in [0.4, 0.5) is 0 Å². The van der Waals surface area contributed by atoms with Crippen molar-refractivity contribution in [2.24, 2.45) is 0 Å². The molecule has 24 heavy (non-hydrogen) atoms. The van der Waals surface area contributed by atoms with Gasteiger partial charge in [-0.25, -0.2) is 4.79 Å². The van der Waals surface area contributed by atoms with E-state index in [0.717, 1.165) is 4.90 Å². The molecule has 2 amide bonds. The number of nitriles is 1. The van der Waals surface area contributed by atoms with Crippen LogP contribution in [0.5, 0.6) is 0 Å². The van der Waals surface area contributed by atoms with E-state index >= 15 is 0 Å². The summed E-state index contributed by atoms with van der Waals surface area (Å²) in [6.07, 6.45) is 1.48. The maximum Gasteiger partial charge on any atom is 0.346 e. The van der Waals surface area contributed by atoms with Gasteiger partial charge in [0.15, 0.2) is 0 Å². The number of nitrogens with zero attached hydrogens (tertiary/aromatic N) is 2. The number of benzene rings is 1. The lowest BCUT2D eigenvalue weighted by molar-refractivity contribution is -0.132. The molecule has 2 rings (SSSR count). The summed E-state index contributed by atoms with van der Waals surface area (Å²) in [6.45, 7) is 3.11. The van der Waals surface area contributed by atoms with Crippen LogP contribution in [0, 0.1) is 11.3 Å². The van der Waals surface area contributed by atoms with E-state index in [-0.39, 0.29) is 29.6 Å². The van der Waals surface area contributed by atoms with Crippen LogP contribution in [0.3, 0.4) is 0 Å². The summed E-state index contributed by atoms with van der Waals surface area (Å²) in [6, 6.07) is 8.19. The van der Waals surface area contributed by atoms with E-state index in [1.54, 1.807) is 37.3 Å². The largest absolute Gasteiger partial charge is 0.477 e. The first-order chi connectivity index (χ1) is 11.4. The van der Waals surface area contributed by atoms with Gasteiger partial charge in [0.2, 0.25) is 0 Å². The highest BCUT2D eigenvalue weighted by atomic mass is 16.4. The quantitative estimate of drug-likeness (QED) is 0.369. The van der Waals surface area contributed by atoms with Gasteiger partial charge < -0.3 is 10.4 Å². The van der Waals surface area contributed by atoms with E-state index in [9.17, 15) is 14.4 Å². The number of amides is 2. The molecule has 0 unspecified atom stereocenters. The van der Waals surface area contributed by atoms with Crippen molar-refractivity contribution in [1.29, 1.82) is 5.26 Å². The number of imide groups is 1. The van der Waals surface area contributed by atoms with Crippen LogP contribution in [-0.2, 0) is 4.79 Å². The van der Waals surface area contributed by atoms with Crippen LogP contribution in [0.25, 0.3) is 0 Å². The smallest absolute Gasteiger partial charge is 0.346 e. The molecule has 1 aromatic carbocycles. The van der Waals surface area contributed by atoms with Gasteiger partial charge in [-0.3, -0.25) is 14.5 Å². The Hall–Kier alpha value is -3.40. The maximum absolute atomic E-state index is 12.2. The fourth-order valence-corrected chi connectivity index (χ4v) is 2.34. The van der Waals surface area contributed by atoms with Crippen molar-refractivity contribution in [3.05, 3.63) is 58.3 Å². The standard InChI is InChI=1S/C17H15N3O4/c1-10(14(8-18)17(23)24)7-11(2)19-9-20-15(21)12-5-3-4-6-13(12)16(20)22/h3-7,19H,9H2,1-2H3,(H,23,24). The highest BCUT2D eigenvalue weighted by Crippen LogP contribution is 2.21. The van der Waals surface area contributed by atoms with E-state index in [0.29, 0.717) is 16.8 Å². The van der Waals surface area contributed by atoms with Gasteiger partial charge in [-0.2, -0.15) is 5.26 Å². The number of carboxylic acid groups (broad SMARTS) is 1.